The van der Waals surface area contributed by atoms with Gasteiger partial charge in [-0.2, -0.15) is 0 Å². The molecule has 0 saturated heterocycles. The largest absolute Gasteiger partial charge is 0.478 e. The zero-order valence-corrected chi connectivity index (χ0v) is 11.0. The molecule has 3 rings (SSSR count). The van der Waals surface area contributed by atoms with E-state index >= 15 is 0 Å². The van der Waals surface area contributed by atoms with Crippen molar-refractivity contribution in [3.63, 3.8) is 0 Å². The van der Waals surface area contributed by atoms with Gasteiger partial charge in [0.25, 0.3) is 0 Å². The zero-order valence-electron chi connectivity index (χ0n) is 10.2. The third-order valence-electron chi connectivity index (χ3n) is 3.00. The minimum atomic E-state index is -1.02. The average molecular weight is 285 g/mol. The van der Waals surface area contributed by atoms with Crippen LogP contribution in [-0.4, -0.2) is 21.0 Å². The minimum absolute atomic E-state index is 0.140. The molecule has 1 N–H and O–H groups in total. The summed E-state index contributed by atoms with van der Waals surface area (Å²) >= 11 is 5.61. The molecule has 0 saturated carbocycles. The van der Waals surface area contributed by atoms with Crippen LogP contribution in [-0.2, 0) is 0 Å². The van der Waals surface area contributed by atoms with Crippen LogP contribution in [0.3, 0.4) is 0 Å². The Kier molecular flexibility index (Phi) is 3.08. The molecule has 98 valence electrons. The zero-order chi connectivity index (χ0) is 14.1. The minimum Gasteiger partial charge on any atom is -0.478 e. The summed E-state index contributed by atoms with van der Waals surface area (Å²) in [6.07, 6.45) is 1.70. The van der Waals surface area contributed by atoms with Gasteiger partial charge in [0.15, 0.2) is 0 Å². The van der Waals surface area contributed by atoms with Crippen LogP contribution in [0.1, 0.15) is 15.9 Å². The van der Waals surface area contributed by atoms with Crippen LogP contribution < -0.4 is 0 Å². The van der Waals surface area contributed by atoms with E-state index in [0.29, 0.717) is 22.1 Å². The summed E-state index contributed by atoms with van der Waals surface area (Å²) in [7, 11) is 0. The van der Waals surface area contributed by atoms with Crippen molar-refractivity contribution in [2.24, 2.45) is 0 Å². The Balaban J connectivity index is 2.45. The first-order valence-electron chi connectivity index (χ1n) is 5.90. The first-order valence-corrected chi connectivity index (χ1v) is 6.34. The van der Waals surface area contributed by atoms with Crippen LogP contribution in [0.2, 0.25) is 0 Å². The quantitative estimate of drug-likeness (QED) is 0.729. The van der Waals surface area contributed by atoms with E-state index in [1.54, 1.807) is 18.2 Å². The summed E-state index contributed by atoms with van der Waals surface area (Å²) in [5.74, 6) is -1.02. The summed E-state index contributed by atoms with van der Waals surface area (Å²) in [6, 6.07) is 10.5. The molecule has 0 unspecified atom stereocenters. The Morgan fingerprint density at radius 2 is 1.75 bits per heavy atom. The molecule has 20 heavy (non-hydrogen) atoms. The van der Waals surface area contributed by atoms with Crippen LogP contribution in [0.15, 0.2) is 41.9 Å². The molecule has 1 heterocycles. The fourth-order valence-electron chi connectivity index (χ4n) is 2.12. The van der Waals surface area contributed by atoms with Gasteiger partial charge >= 0.3 is 5.97 Å². The molecule has 0 bridgehead atoms. The second kappa shape index (κ2) is 4.90. The second-order valence-electron chi connectivity index (χ2n) is 4.21. The third kappa shape index (κ3) is 2.00. The molecule has 0 spiro atoms. The second-order valence-corrected chi connectivity index (χ2v) is 4.46. The van der Waals surface area contributed by atoms with Crippen molar-refractivity contribution in [2.45, 2.75) is 0 Å². The maximum Gasteiger partial charge on any atom is 0.337 e. The molecule has 0 atom stereocenters. The van der Waals surface area contributed by atoms with Gasteiger partial charge in [-0.15, -0.1) is 0 Å². The van der Waals surface area contributed by atoms with Gasteiger partial charge in [-0.3, -0.25) is 0 Å². The van der Waals surface area contributed by atoms with Crippen molar-refractivity contribution in [2.75, 3.05) is 0 Å². The van der Waals surface area contributed by atoms with E-state index in [-0.39, 0.29) is 5.56 Å². The lowest BCUT2D eigenvalue weighted by Gasteiger charge is -2.05. The van der Waals surface area contributed by atoms with E-state index in [9.17, 15) is 9.90 Å². The molecule has 4 nitrogen and oxygen atoms in total. The number of nitrogens with zero attached hydrogens (tertiary/aromatic N) is 2. The van der Waals surface area contributed by atoms with E-state index in [2.05, 4.69) is 9.97 Å². The van der Waals surface area contributed by atoms with E-state index in [4.69, 9.17) is 11.6 Å². The summed E-state index contributed by atoms with van der Waals surface area (Å²) in [5, 5.41) is 9.22. The molecule has 2 aromatic carbocycles. The number of halogens is 1. The number of benzene rings is 2. The van der Waals surface area contributed by atoms with E-state index in [1.165, 1.54) is 11.6 Å². The van der Waals surface area contributed by atoms with Gasteiger partial charge < -0.3 is 5.11 Å². The lowest BCUT2D eigenvalue weighted by Crippen LogP contribution is -2.00. The molecular weight excluding hydrogens is 276 g/mol. The number of carbonyl (C=O) groups is 1. The summed E-state index contributed by atoms with van der Waals surface area (Å²) in [5.41, 5.74) is 4.60. The lowest BCUT2D eigenvalue weighted by molar-refractivity contribution is 0.0699. The fourth-order valence-corrected chi connectivity index (χ4v) is 2.25. The number of carboxylic acid groups (broad SMARTS) is 1. The number of hydrogen-bond donors (Lipinski definition) is 1. The molecule has 3 aromatic rings. The predicted octanol–water partition coefficient (Wildman–Crippen LogP) is 3.69. The maximum atomic E-state index is 11.3. The summed E-state index contributed by atoms with van der Waals surface area (Å²) < 4.78 is 0. The van der Waals surface area contributed by atoms with Crippen LogP contribution in [0, 0.1) is 0 Å². The topological polar surface area (TPSA) is 63.1 Å². The highest BCUT2D eigenvalue weighted by Crippen LogP contribution is 2.22. The van der Waals surface area contributed by atoms with Gasteiger partial charge in [0, 0.05) is 11.1 Å². The molecular formula is C15H9ClN2O2. The highest BCUT2D eigenvalue weighted by molar-refractivity contribution is 6.27. The molecule has 0 aliphatic carbocycles. The highest BCUT2D eigenvalue weighted by Gasteiger charge is 2.12. The van der Waals surface area contributed by atoms with Crippen LogP contribution in [0.5, 0.6) is 0 Å². The van der Waals surface area contributed by atoms with E-state index < -0.39 is 5.97 Å². The molecule has 1 aromatic heterocycles. The third-order valence-corrected chi connectivity index (χ3v) is 3.12. The van der Waals surface area contributed by atoms with Crippen molar-refractivity contribution in [3.8, 4) is 0 Å². The molecule has 0 fully saturated rings. The van der Waals surface area contributed by atoms with E-state index in [1.807, 2.05) is 18.2 Å². The van der Waals surface area contributed by atoms with Crippen molar-refractivity contribution in [1.82, 2.24) is 9.97 Å². The monoisotopic (exact) mass is 284 g/mol. The van der Waals surface area contributed by atoms with Gasteiger partial charge in [0.1, 0.15) is 5.52 Å². The number of aromatic nitrogens is 2. The van der Waals surface area contributed by atoms with Crippen LogP contribution >= 0.6 is 11.6 Å². The Hall–Kier alpha value is -2.46. The van der Waals surface area contributed by atoms with Crippen LogP contribution in [0.25, 0.3) is 28.1 Å². The number of aromatic carboxylic acids is 1. The number of hydrogen-bond acceptors (Lipinski definition) is 3. The maximum absolute atomic E-state index is 11.3. The van der Waals surface area contributed by atoms with Gasteiger partial charge in [0.2, 0.25) is 0 Å². The first kappa shape index (κ1) is 12.6. The Labute approximate surface area is 119 Å². The van der Waals surface area contributed by atoms with Crippen molar-refractivity contribution in [1.29, 1.82) is 0 Å². The standard InChI is InChI=1S/C15H9ClN2O2/c16-8-7-9-3-1-5-11-13(9)18-14-10(15(19)20)4-2-6-12(14)17-11/h1-8H,(H,19,20). The normalized spacial score (nSPS) is 11.4. The predicted molar refractivity (Wildman–Crippen MR) is 78.9 cm³/mol. The van der Waals surface area contributed by atoms with Gasteiger partial charge in [-0.05, 0) is 24.3 Å². The SMILES string of the molecule is O=C(O)c1cccc2nc3cccc(C=CCl)c3nc12. The molecule has 5 heteroatoms. The number of fused-ring (bicyclic) bond motifs is 2. The van der Waals surface area contributed by atoms with Crippen LogP contribution in [0.4, 0.5) is 0 Å². The smallest absolute Gasteiger partial charge is 0.337 e. The fraction of sp³-hybridized carbons (Fsp3) is 0. The lowest BCUT2D eigenvalue weighted by atomic mass is 10.1. The Morgan fingerprint density at radius 1 is 1.05 bits per heavy atom. The molecule has 0 aliphatic rings. The summed E-state index contributed by atoms with van der Waals surface area (Å²) in [4.78, 5) is 20.2. The van der Waals surface area contributed by atoms with E-state index in [0.717, 1.165) is 5.56 Å². The number of rotatable bonds is 2. The highest BCUT2D eigenvalue weighted by atomic mass is 35.5. The Bertz CT molecular complexity index is 859. The van der Waals surface area contributed by atoms with Gasteiger partial charge in [-0.25, -0.2) is 14.8 Å². The average Bonchev–Trinajstić information content (AvgIpc) is 2.45. The van der Waals surface area contributed by atoms with Crippen molar-refractivity contribution in [3.05, 3.63) is 53.1 Å². The molecule has 0 aliphatic heterocycles. The van der Waals surface area contributed by atoms with Gasteiger partial charge in [-0.1, -0.05) is 29.8 Å². The number of para-hydroxylation sites is 2. The van der Waals surface area contributed by atoms with Crippen molar-refractivity contribution >= 4 is 45.7 Å². The van der Waals surface area contributed by atoms with Gasteiger partial charge in [0.05, 0.1) is 22.1 Å². The first-order chi connectivity index (χ1) is 9.70. The molecule has 0 amide bonds. The number of carboxylic acids is 1. The van der Waals surface area contributed by atoms with Crippen molar-refractivity contribution < 1.29 is 9.90 Å². The summed E-state index contributed by atoms with van der Waals surface area (Å²) in [6.45, 7) is 0. The molecule has 0 radical (unpaired) electrons. The Morgan fingerprint density at radius 3 is 2.45 bits per heavy atom.